The number of carbonyl (C=O) groups is 1. The second kappa shape index (κ2) is 4.24. The van der Waals surface area contributed by atoms with E-state index in [0.29, 0.717) is 0 Å². The number of halogens is 1. The van der Waals surface area contributed by atoms with Crippen molar-refractivity contribution in [1.29, 1.82) is 0 Å². The van der Waals surface area contributed by atoms with Gasteiger partial charge in [-0.3, -0.25) is 4.79 Å². The van der Waals surface area contributed by atoms with E-state index in [2.05, 4.69) is 4.99 Å². The lowest BCUT2D eigenvalue weighted by atomic mass is 10.3. The SMILES string of the molecule is CC(Cl)CC(=O)N=C=O. The standard InChI is InChI=1S/C5H6ClNO2/c1-4(6)2-5(9)7-3-8/h4H,2H2,1H3. The highest BCUT2D eigenvalue weighted by atomic mass is 35.5. The van der Waals surface area contributed by atoms with Crippen LogP contribution in [0.5, 0.6) is 0 Å². The molecule has 0 N–H and O–H groups in total. The quantitative estimate of drug-likeness (QED) is 0.331. The van der Waals surface area contributed by atoms with Gasteiger partial charge in [0.1, 0.15) is 0 Å². The van der Waals surface area contributed by atoms with Gasteiger partial charge < -0.3 is 0 Å². The van der Waals surface area contributed by atoms with Crippen LogP contribution in [0.3, 0.4) is 0 Å². The Kier molecular flexibility index (Phi) is 3.93. The summed E-state index contributed by atoms with van der Waals surface area (Å²) < 4.78 is 0. The first-order chi connectivity index (χ1) is 4.16. The van der Waals surface area contributed by atoms with Gasteiger partial charge >= 0.3 is 0 Å². The minimum Gasteiger partial charge on any atom is -0.272 e. The van der Waals surface area contributed by atoms with Crippen LogP contribution in [0.4, 0.5) is 0 Å². The number of carbonyl (C=O) groups excluding carboxylic acids is 2. The molecule has 0 bridgehead atoms. The van der Waals surface area contributed by atoms with Crippen molar-refractivity contribution in [1.82, 2.24) is 0 Å². The van der Waals surface area contributed by atoms with Gasteiger partial charge in [-0.2, -0.15) is 0 Å². The van der Waals surface area contributed by atoms with Crippen molar-refractivity contribution >= 4 is 23.6 Å². The Bertz CT molecular complexity index is 149. The molecular weight excluding hydrogens is 142 g/mol. The van der Waals surface area contributed by atoms with Crippen molar-refractivity contribution in [3.05, 3.63) is 0 Å². The van der Waals surface area contributed by atoms with Crippen molar-refractivity contribution < 1.29 is 9.59 Å². The molecule has 0 aromatic heterocycles. The molecule has 50 valence electrons. The van der Waals surface area contributed by atoms with Gasteiger partial charge in [0, 0.05) is 11.8 Å². The summed E-state index contributed by atoms with van der Waals surface area (Å²) in [5, 5.41) is -0.269. The Morgan fingerprint density at radius 3 is 2.78 bits per heavy atom. The van der Waals surface area contributed by atoms with Crippen LogP contribution >= 0.6 is 11.6 Å². The number of amides is 1. The molecule has 0 heterocycles. The summed E-state index contributed by atoms with van der Waals surface area (Å²) >= 11 is 5.40. The largest absolute Gasteiger partial charge is 0.272 e. The lowest BCUT2D eigenvalue weighted by Gasteiger charge is -1.92. The zero-order valence-corrected chi connectivity index (χ0v) is 5.68. The third-order valence-electron chi connectivity index (χ3n) is 0.626. The van der Waals surface area contributed by atoms with E-state index in [-0.39, 0.29) is 11.8 Å². The van der Waals surface area contributed by atoms with Crippen LogP contribution in [-0.4, -0.2) is 17.4 Å². The molecule has 0 rings (SSSR count). The number of isocyanates is 1. The number of aliphatic imine (C=N–C) groups is 1. The maximum Gasteiger partial charge on any atom is 0.257 e. The van der Waals surface area contributed by atoms with Crippen molar-refractivity contribution in [3.8, 4) is 0 Å². The van der Waals surface area contributed by atoms with E-state index in [1.165, 1.54) is 0 Å². The molecule has 0 saturated heterocycles. The highest BCUT2D eigenvalue weighted by Gasteiger charge is 2.02. The first-order valence-corrected chi connectivity index (χ1v) is 2.85. The number of nitrogens with zero attached hydrogens (tertiary/aromatic N) is 1. The molecule has 0 aromatic carbocycles. The van der Waals surface area contributed by atoms with Gasteiger partial charge in [0.15, 0.2) is 0 Å². The number of rotatable bonds is 2. The van der Waals surface area contributed by atoms with Crippen molar-refractivity contribution in [2.75, 3.05) is 0 Å². The predicted molar refractivity (Wildman–Crippen MR) is 33.1 cm³/mol. The Hall–Kier alpha value is -0.660. The first kappa shape index (κ1) is 8.34. The van der Waals surface area contributed by atoms with E-state index in [0.717, 1.165) is 6.08 Å². The molecule has 0 saturated carbocycles. The van der Waals surface area contributed by atoms with Gasteiger partial charge in [0.2, 0.25) is 6.08 Å². The van der Waals surface area contributed by atoms with E-state index in [1.54, 1.807) is 6.92 Å². The summed E-state index contributed by atoms with van der Waals surface area (Å²) in [7, 11) is 0. The van der Waals surface area contributed by atoms with E-state index < -0.39 is 5.91 Å². The molecule has 1 unspecified atom stereocenters. The highest BCUT2D eigenvalue weighted by Crippen LogP contribution is 1.99. The fraction of sp³-hybridized carbons (Fsp3) is 0.600. The number of hydrogen-bond acceptors (Lipinski definition) is 2. The lowest BCUT2D eigenvalue weighted by molar-refractivity contribution is -0.117. The molecule has 3 nitrogen and oxygen atoms in total. The van der Waals surface area contributed by atoms with Gasteiger partial charge in [-0.25, -0.2) is 4.79 Å². The number of hydrogen-bond donors (Lipinski definition) is 0. The van der Waals surface area contributed by atoms with Crippen LogP contribution in [0.25, 0.3) is 0 Å². The molecule has 1 atom stereocenters. The summed E-state index contributed by atoms with van der Waals surface area (Å²) in [5.74, 6) is -0.521. The van der Waals surface area contributed by atoms with Crippen molar-refractivity contribution in [3.63, 3.8) is 0 Å². The van der Waals surface area contributed by atoms with Crippen LogP contribution in [0.2, 0.25) is 0 Å². The molecule has 1 amide bonds. The summed E-state index contributed by atoms with van der Waals surface area (Å²) in [6, 6.07) is 0. The summed E-state index contributed by atoms with van der Waals surface area (Å²) in [4.78, 5) is 22.6. The molecule has 0 fully saturated rings. The van der Waals surface area contributed by atoms with Crippen LogP contribution < -0.4 is 0 Å². The Morgan fingerprint density at radius 2 is 2.44 bits per heavy atom. The lowest BCUT2D eigenvalue weighted by Crippen LogP contribution is -2.00. The monoisotopic (exact) mass is 147 g/mol. The van der Waals surface area contributed by atoms with Crippen LogP contribution in [0, 0.1) is 0 Å². The maximum absolute atomic E-state index is 10.3. The fourth-order valence-corrected chi connectivity index (χ4v) is 0.469. The van der Waals surface area contributed by atoms with Gasteiger partial charge in [0.25, 0.3) is 5.91 Å². The van der Waals surface area contributed by atoms with E-state index >= 15 is 0 Å². The minimum absolute atomic E-state index is 0.0940. The topological polar surface area (TPSA) is 46.5 Å². The summed E-state index contributed by atoms with van der Waals surface area (Å²) in [6.07, 6.45) is 1.23. The molecule has 0 aliphatic carbocycles. The smallest absolute Gasteiger partial charge is 0.257 e. The third kappa shape index (κ3) is 5.21. The minimum atomic E-state index is -0.521. The number of alkyl halides is 1. The average molecular weight is 148 g/mol. The highest BCUT2D eigenvalue weighted by molar-refractivity contribution is 6.21. The molecule has 0 aromatic rings. The van der Waals surface area contributed by atoms with Crippen molar-refractivity contribution in [2.24, 2.45) is 4.99 Å². The molecule has 4 heteroatoms. The average Bonchev–Trinajstić information content (AvgIpc) is 1.63. The van der Waals surface area contributed by atoms with E-state index in [9.17, 15) is 9.59 Å². The Balaban J connectivity index is 3.64. The van der Waals surface area contributed by atoms with Gasteiger partial charge in [-0.15, -0.1) is 16.6 Å². The zero-order valence-electron chi connectivity index (χ0n) is 4.93. The molecule has 9 heavy (non-hydrogen) atoms. The van der Waals surface area contributed by atoms with E-state index in [4.69, 9.17) is 11.6 Å². The first-order valence-electron chi connectivity index (χ1n) is 2.41. The predicted octanol–water partition coefficient (Wildman–Crippen LogP) is 0.866. The Morgan fingerprint density at radius 1 is 1.89 bits per heavy atom. The third-order valence-corrected chi connectivity index (χ3v) is 0.781. The van der Waals surface area contributed by atoms with Gasteiger partial charge in [-0.1, -0.05) is 0 Å². The van der Waals surface area contributed by atoms with Crippen LogP contribution in [-0.2, 0) is 9.59 Å². The molecule has 0 aliphatic rings. The fourth-order valence-electron chi connectivity index (χ4n) is 0.337. The molecule has 0 spiro atoms. The molecule has 0 aliphatic heterocycles. The van der Waals surface area contributed by atoms with Crippen LogP contribution in [0.15, 0.2) is 4.99 Å². The van der Waals surface area contributed by atoms with Gasteiger partial charge in [-0.05, 0) is 6.92 Å². The maximum atomic E-state index is 10.3. The Labute approximate surface area is 57.7 Å². The molecular formula is C5H6ClNO2. The van der Waals surface area contributed by atoms with E-state index in [1.807, 2.05) is 0 Å². The van der Waals surface area contributed by atoms with Gasteiger partial charge in [0.05, 0.1) is 0 Å². The zero-order chi connectivity index (χ0) is 7.28. The molecule has 0 radical (unpaired) electrons. The van der Waals surface area contributed by atoms with Crippen molar-refractivity contribution in [2.45, 2.75) is 18.7 Å². The second-order valence-electron chi connectivity index (χ2n) is 1.58. The summed E-state index contributed by atoms with van der Waals surface area (Å²) in [6.45, 7) is 1.65. The second-order valence-corrected chi connectivity index (χ2v) is 2.33. The summed E-state index contributed by atoms with van der Waals surface area (Å²) in [5.41, 5.74) is 0. The normalized spacial score (nSPS) is 11.8. The van der Waals surface area contributed by atoms with Crippen LogP contribution in [0.1, 0.15) is 13.3 Å².